The Morgan fingerprint density at radius 2 is 1.25 bits per heavy atom. The van der Waals surface area contributed by atoms with E-state index in [1.165, 1.54) is 6.08 Å². The summed E-state index contributed by atoms with van der Waals surface area (Å²) in [6.45, 7) is 26.4. The van der Waals surface area contributed by atoms with Crippen molar-refractivity contribution in [2.24, 2.45) is 0 Å². The Kier molecular flexibility index (Phi) is 10.1. The van der Waals surface area contributed by atoms with E-state index in [4.69, 9.17) is 13.6 Å². The molecule has 6 heteroatoms. The van der Waals surface area contributed by atoms with Crippen LogP contribution in [0.15, 0.2) is 24.3 Å². The SMILES string of the molecule is C/C=C/[C@H](O[Si](C)(C)C(C)(C)C)[C@H](/C=C/C(=O)OCC)O[Si](C)(C)C(C)(C)C. The van der Waals surface area contributed by atoms with Crippen molar-refractivity contribution >= 4 is 22.6 Å². The molecule has 0 aliphatic carbocycles. The molecular weight excluding hydrogens is 384 g/mol. The summed E-state index contributed by atoms with van der Waals surface area (Å²) >= 11 is 0. The van der Waals surface area contributed by atoms with Crippen molar-refractivity contribution in [2.45, 2.75) is 104 Å². The molecule has 0 aliphatic rings. The highest BCUT2D eigenvalue weighted by Gasteiger charge is 2.43. The second kappa shape index (κ2) is 10.4. The Bertz CT molecular complexity index is 552. The Morgan fingerprint density at radius 1 is 0.857 bits per heavy atom. The summed E-state index contributed by atoms with van der Waals surface area (Å²) in [6, 6.07) is 0. The predicted molar refractivity (Wildman–Crippen MR) is 125 cm³/mol. The highest BCUT2D eigenvalue weighted by molar-refractivity contribution is 6.74. The van der Waals surface area contributed by atoms with Gasteiger partial charge in [-0.2, -0.15) is 0 Å². The number of carbonyl (C=O) groups is 1. The minimum Gasteiger partial charge on any atom is -0.463 e. The largest absolute Gasteiger partial charge is 0.463 e. The summed E-state index contributed by atoms with van der Waals surface area (Å²) in [5, 5.41) is 0.139. The Balaban J connectivity index is 5.96. The molecular formula is C22H44O4Si2. The van der Waals surface area contributed by atoms with Crippen molar-refractivity contribution in [3.8, 4) is 0 Å². The molecule has 0 saturated heterocycles. The van der Waals surface area contributed by atoms with Gasteiger partial charge in [0.25, 0.3) is 0 Å². The van der Waals surface area contributed by atoms with E-state index >= 15 is 0 Å². The number of rotatable bonds is 9. The standard InChI is InChI=1S/C22H44O4Si2/c1-13-15-18(25-27(9,10)21(3,4)5)19(16-17-20(23)24-14-2)26-28(11,12)22(6,7)8/h13,15-19H,14H2,1-12H3/b15-13+,17-16+/t18-,19-/m0/s1. The summed E-state index contributed by atoms with van der Waals surface area (Å²) in [7, 11) is -4.10. The molecule has 0 aromatic carbocycles. The van der Waals surface area contributed by atoms with Crippen molar-refractivity contribution in [3.63, 3.8) is 0 Å². The van der Waals surface area contributed by atoms with Gasteiger partial charge in [-0.05, 0) is 56.2 Å². The third-order valence-corrected chi connectivity index (χ3v) is 14.8. The smallest absolute Gasteiger partial charge is 0.330 e. The molecule has 4 nitrogen and oxygen atoms in total. The molecule has 0 saturated carbocycles. The topological polar surface area (TPSA) is 44.8 Å². The lowest BCUT2D eigenvalue weighted by atomic mass is 10.2. The first-order valence-electron chi connectivity index (χ1n) is 10.3. The van der Waals surface area contributed by atoms with Gasteiger partial charge < -0.3 is 13.6 Å². The molecule has 28 heavy (non-hydrogen) atoms. The van der Waals surface area contributed by atoms with Crippen LogP contribution in [0.3, 0.4) is 0 Å². The molecule has 0 N–H and O–H groups in total. The zero-order valence-electron chi connectivity index (χ0n) is 20.3. The van der Waals surface area contributed by atoms with Gasteiger partial charge in [-0.1, -0.05) is 53.7 Å². The van der Waals surface area contributed by atoms with Gasteiger partial charge >= 0.3 is 5.97 Å². The first-order chi connectivity index (χ1) is 12.5. The van der Waals surface area contributed by atoms with E-state index in [1.54, 1.807) is 6.92 Å². The molecule has 0 aliphatic heterocycles. The maximum atomic E-state index is 11.9. The average molecular weight is 429 g/mol. The molecule has 0 radical (unpaired) electrons. The first-order valence-corrected chi connectivity index (χ1v) is 16.1. The summed E-state index contributed by atoms with van der Waals surface area (Å²) in [4.78, 5) is 11.9. The van der Waals surface area contributed by atoms with Crippen LogP contribution < -0.4 is 0 Å². The average Bonchev–Trinajstić information content (AvgIpc) is 2.48. The van der Waals surface area contributed by atoms with Crippen LogP contribution in [0.2, 0.25) is 36.3 Å². The molecule has 0 amide bonds. The van der Waals surface area contributed by atoms with E-state index in [-0.39, 0.29) is 28.3 Å². The third kappa shape index (κ3) is 8.35. The monoisotopic (exact) mass is 428 g/mol. The number of hydrogen-bond donors (Lipinski definition) is 0. The number of hydrogen-bond acceptors (Lipinski definition) is 4. The van der Waals surface area contributed by atoms with Crippen LogP contribution >= 0.6 is 0 Å². The van der Waals surface area contributed by atoms with Crippen LogP contribution in [0.4, 0.5) is 0 Å². The van der Waals surface area contributed by atoms with E-state index in [2.05, 4.69) is 67.7 Å². The highest BCUT2D eigenvalue weighted by Crippen LogP contribution is 2.40. The van der Waals surface area contributed by atoms with Crippen LogP contribution in [0, 0.1) is 0 Å². The van der Waals surface area contributed by atoms with Gasteiger partial charge in [0.15, 0.2) is 16.6 Å². The third-order valence-electron chi connectivity index (χ3n) is 5.89. The quantitative estimate of drug-likeness (QED) is 0.183. The molecule has 0 spiro atoms. The molecule has 0 fully saturated rings. The van der Waals surface area contributed by atoms with Crippen LogP contribution in [-0.4, -0.2) is 41.4 Å². The summed E-state index contributed by atoms with van der Waals surface area (Å²) in [5.41, 5.74) is 0. The number of ether oxygens (including phenoxy) is 1. The maximum Gasteiger partial charge on any atom is 0.330 e. The molecule has 0 rings (SSSR count). The Morgan fingerprint density at radius 3 is 1.57 bits per heavy atom. The zero-order valence-corrected chi connectivity index (χ0v) is 22.3. The fourth-order valence-electron chi connectivity index (χ4n) is 2.02. The van der Waals surface area contributed by atoms with Crippen molar-refractivity contribution < 1.29 is 18.4 Å². The summed E-state index contributed by atoms with van der Waals surface area (Å²) < 4.78 is 18.5. The van der Waals surface area contributed by atoms with E-state index in [1.807, 2.05) is 25.2 Å². The lowest BCUT2D eigenvalue weighted by Gasteiger charge is -2.43. The minimum atomic E-state index is -2.07. The molecule has 2 atom stereocenters. The lowest BCUT2D eigenvalue weighted by Crippen LogP contribution is -2.50. The van der Waals surface area contributed by atoms with Gasteiger partial charge in [-0.3, -0.25) is 0 Å². The summed E-state index contributed by atoms with van der Waals surface area (Å²) in [5.74, 6) is -0.349. The van der Waals surface area contributed by atoms with E-state index in [0.717, 1.165) is 0 Å². The van der Waals surface area contributed by atoms with Gasteiger partial charge in [-0.15, -0.1) is 0 Å². The van der Waals surface area contributed by atoms with Gasteiger partial charge in [0.05, 0.1) is 18.8 Å². The normalized spacial score (nSPS) is 16.6. The molecule has 0 aromatic heterocycles. The Hall–Kier alpha value is -0.696. The van der Waals surface area contributed by atoms with Gasteiger partial charge in [-0.25, -0.2) is 4.79 Å². The van der Waals surface area contributed by atoms with E-state index in [0.29, 0.717) is 6.61 Å². The Labute approximate surface area is 176 Å². The zero-order chi connectivity index (χ0) is 22.4. The van der Waals surface area contributed by atoms with Crippen molar-refractivity contribution in [2.75, 3.05) is 6.61 Å². The lowest BCUT2D eigenvalue weighted by molar-refractivity contribution is -0.137. The van der Waals surface area contributed by atoms with Crippen LogP contribution in [0.1, 0.15) is 55.4 Å². The fourth-order valence-corrected chi connectivity index (χ4v) is 4.51. The second-order valence-corrected chi connectivity index (χ2v) is 19.8. The van der Waals surface area contributed by atoms with Gasteiger partial charge in [0.2, 0.25) is 0 Å². The number of esters is 1. The minimum absolute atomic E-state index is 0.0560. The maximum absolute atomic E-state index is 11.9. The van der Waals surface area contributed by atoms with Crippen molar-refractivity contribution in [3.05, 3.63) is 24.3 Å². The van der Waals surface area contributed by atoms with Gasteiger partial charge in [0.1, 0.15) is 0 Å². The second-order valence-electron chi connectivity index (χ2n) is 10.3. The molecule has 0 heterocycles. The van der Waals surface area contributed by atoms with E-state index in [9.17, 15) is 4.79 Å². The van der Waals surface area contributed by atoms with Gasteiger partial charge in [0, 0.05) is 6.08 Å². The number of allylic oxidation sites excluding steroid dienone is 1. The molecule has 0 aromatic rings. The summed E-state index contributed by atoms with van der Waals surface area (Å²) in [6.07, 6.45) is 6.76. The first kappa shape index (κ1) is 27.3. The molecule has 164 valence electrons. The van der Waals surface area contributed by atoms with Crippen LogP contribution in [-0.2, 0) is 18.4 Å². The predicted octanol–water partition coefficient (Wildman–Crippen LogP) is 6.46. The van der Waals surface area contributed by atoms with Crippen LogP contribution in [0.5, 0.6) is 0 Å². The van der Waals surface area contributed by atoms with Crippen LogP contribution in [0.25, 0.3) is 0 Å². The van der Waals surface area contributed by atoms with Crippen molar-refractivity contribution in [1.29, 1.82) is 0 Å². The fraction of sp³-hybridized carbons (Fsp3) is 0.773. The molecule has 0 unspecified atom stereocenters. The highest BCUT2D eigenvalue weighted by atomic mass is 28.4. The molecule has 0 bridgehead atoms. The number of carbonyl (C=O) groups excluding carboxylic acids is 1. The van der Waals surface area contributed by atoms with Crippen molar-refractivity contribution in [1.82, 2.24) is 0 Å². The van der Waals surface area contributed by atoms with E-state index < -0.39 is 16.6 Å².